The predicted molar refractivity (Wildman–Crippen MR) is 108 cm³/mol. The number of nitro groups is 1. The van der Waals surface area contributed by atoms with Crippen LogP contribution in [0.1, 0.15) is 16.1 Å². The molecule has 1 N–H and O–H groups in total. The minimum Gasteiger partial charge on any atom is -0.435 e. The van der Waals surface area contributed by atoms with Crippen LogP contribution in [0.15, 0.2) is 52.9 Å². The number of hydrogen-bond acceptors (Lipinski definition) is 6. The number of oxazole rings is 1. The highest BCUT2D eigenvalue weighted by atomic mass is 19.4. The number of rotatable bonds is 4. The summed E-state index contributed by atoms with van der Waals surface area (Å²) >= 11 is 0. The summed E-state index contributed by atoms with van der Waals surface area (Å²) in [6, 6.07) is 9.66. The molecule has 0 saturated carbocycles. The third-order valence-corrected chi connectivity index (χ3v) is 5.03. The van der Waals surface area contributed by atoms with E-state index < -0.39 is 16.7 Å². The lowest BCUT2D eigenvalue weighted by atomic mass is 10.1. The fourth-order valence-corrected chi connectivity index (χ4v) is 3.34. The molecule has 1 aliphatic rings. The maximum absolute atomic E-state index is 13.1. The molecule has 1 amide bonds. The molecule has 0 aliphatic carbocycles. The van der Waals surface area contributed by atoms with Crippen molar-refractivity contribution in [2.24, 2.45) is 0 Å². The van der Waals surface area contributed by atoms with Crippen molar-refractivity contribution in [2.75, 3.05) is 26.2 Å². The third-order valence-electron chi connectivity index (χ3n) is 5.03. The molecule has 0 bridgehead atoms. The minimum absolute atomic E-state index is 0.00403. The lowest BCUT2D eigenvalue weighted by Crippen LogP contribution is -2.46. The first-order chi connectivity index (χ1) is 15.2. The molecule has 1 aromatic heterocycles. The molecular formula is C21H17F3N4O4. The van der Waals surface area contributed by atoms with Crippen LogP contribution in [0.2, 0.25) is 0 Å². The number of piperazine rings is 1. The van der Waals surface area contributed by atoms with Crippen molar-refractivity contribution in [1.29, 1.82) is 0 Å². The second-order valence-corrected chi connectivity index (χ2v) is 7.12. The standard InChI is InChI=1S/C21H17F3N4O4/c22-21(23,24)15-5-1-14(2-6-15)19-26-17(20(29)27-11-9-25-10-12-27)18(32-19)13-3-7-16(8-4-13)28(30)31/h1-8,25H,9-12H2. The second-order valence-electron chi connectivity index (χ2n) is 7.12. The lowest BCUT2D eigenvalue weighted by Gasteiger charge is -2.26. The van der Waals surface area contributed by atoms with Gasteiger partial charge in [-0.05, 0) is 36.4 Å². The molecule has 1 fully saturated rings. The van der Waals surface area contributed by atoms with Crippen LogP contribution in [0, 0.1) is 10.1 Å². The van der Waals surface area contributed by atoms with Crippen molar-refractivity contribution in [3.8, 4) is 22.8 Å². The fraction of sp³-hybridized carbons (Fsp3) is 0.238. The van der Waals surface area contributed by atoms with E-state index in [9.17, 15) is 28.1 Å². The average Bonchev–Trinajstić information content (AvgIpc) is 3.24. The van der Waals surface area contributed by atoms with E-state index in [0.717, 1.165) is 12.1 Å². The molecular weight excluding hydrogens is 429 g/mol. The summed E-state index contributed by atoms with van der Waals surface area (Å²) < 4.78 is 44.4. The predicted octanol–water partition coefficient (Wildman–Crippen LogP) is 3.98. The SMILES string of the molecule is O=C(c1nc(-c2ccc(C(F)(F)F)cc2)oc1-c1ccc([N+](=O)[O-])cc1)N1CCNCC1. The number of hydrogen-bond donors (Lipinski definition) is 1. The van der Waals surface area contributed by atoms with Crippen LogP contribution < -0.4 is 5.32 Å². The molecule has 0 unspecified atom stereocenters. The van der Waals surface area contributed by atoms with Gasteiger partial charge in [-0.1, -0.05) is 0 Å². The van der Waals surface area contributed by atoms with Crippen LogP contribution >= 0.6 is 0 Å². The van der Waals surface area contributed by atoms with Gasteiger partial charge in [-0.2, -0.15) is 13.2 Å². The summed E-state index contributed by atoms with van der Waals surface area (Å²) in [6.07, 6.45) is -4.48. The number of halogens is 3. The number of carbonyl (C=O) groups excluding carboxylic acids is 1. The van der Waals surface area contributed by atoms with Crippen LogP contribution in [0.5, 0.6) is 0 Å². The Hall–Kier alpha value is -3.73. The van der Waals surface area contributed by atoms with Gasteiger partial charge in [-0.25, -0.2) is 4.98 Å². The Kier molecular flexibility index (Phi) is 5.66. The molecule has 2 heterocycles. The number of aromatic nitrogens is 1. The molecule has 166 valence electrons. The number of nitrogens with zero attached hydrogens (tertiary/aromatic N) is 3. The van der Waals surface area contributed by atoms with Crippen molar-refractivity contribution >= 4 is 11.6 Å². The Morgan fingerprint density at radius 1 is 1.03 bits per heavy atom. The topological polar surface area (TPSA) is 102 Å². The van der Waals surface area contributed by atoms with E-state index in [1.54, 1.807) is 4.90 Å². The van der Waals surface area contributed by atoms with Gasteiger partial charge in [-0.15, -0.1) is 0 Å². The molecule has 0 atom stereocenters. The number of nitro benzene ring substituents is 1. The first kappa shape index (κ1) is 21.5. The summed E-state index contributed by atoms with van der Waals surface area (Å²) in [7, 11) is 0. The summed E-state index contributed by atoms with van der Waals surface area (Å²) in [6.45, 7) is 2.15. The van der Waals surface area contributed by atoms with E-state index in [-0.39, 0.29) is 34.5 Å². The van der Waals surface area contributed by atoms with Gasteiger partial charge in [0.1, 0.15) is 0 Å². The highest BCUT2D eigenvalue weighted by Gasteiger charge is 2.31. The van der Waals surface area contributed by atoms with Gasteiger partial charge < -0.3 is 14.6 Å². The van der Waals surface area contributed by atoms with E-state index in [2.05, 4.69) is 10.3 Å². The summed E-state index contributed by atoms with van der Waals surface area (Å²) in [5.74, 6) is -0.314. The van der Waals surface area contributed by atoms with E-state index in [1.165, 1.54) is 36.4 Å². The van der Waals surface area contributed by atoms with Gasteiger partial charge in [0.05, 0.1) is 10.5 Å². The Balaban J connectivity index is 1.75. The highest BCUT2D eigenvalue weighted by Crippen LogP contribution is 2.34. The molecule has 32 heavy (non-hydrogen) atoms. The van der Waals surface area contributed by atoms with Gasteiger partial charge >= 0.3 is 6.18 Å². The van der Waals surface area contributed by atoms with Crippen molar-refractivity contribution in [1.82, 2.24) is 15.2 Å². The Morgan fingerprint density at radius 2 is 1.62 bits per heavy atom. The molecule has 11 heteroatoms. The Bertz CT molecular complexity index is 1140. The molecule has 3 aromatic rings. The van der Waals surface area contributed by atoms with E-state index in [0.29, 0.717) is 31.7 Å². The maximum atomic E-state index is 13.1. The molecule has 0 radical (unpaired) electrons. The van der Waals surface area contributed by atoms with Crippen LogP contribution in [0.3, 0.4) is 0 Å². The Labute approximate surface area is 179 Å². The second kappa shape index (κ2) is 8.42. The smallest absolute Gasteiger partial charge is 0.416 e. The zero-order valence-corrected chi connectivity index (χ0v) is 16.6. The van der Waals surface area contributed by atoms with Crippen LogP contribution in [-0.4, -0.2) is 46.9 Å². The van der Waals surface area contributed by atoms with Gasteiger partial charge in [0.2, 0.25) is 5.89 Å². The van der Waals surface area contributed by atoms with Crippen molar-refractivity contribution in [2.45, 2.75) is 6.18 Å². The van der Waals surface area contributed by atoms with Crippen molar-refractivity contribution in [3.05, 3.63) is 69.9 Å². The number of nitrogens with one attached hydrogen (secondary N) is 1. The van der Waals surface area contributed by atoms with Crippen LogP contribution in [-0.2, 0) is 6.18 Å². The fourth-order valence-electron chi connectivity index (χ4n) is 3.34. The Morgan fingerprint density at radius 3 is 2.19 bits per heavy atom. The van der Waals surface area contributed by atoms with Crippen LogP contribution in [0.25, 0.3) is 22.8 Å². The maximum Gasteiger partial charge on any atom is 0.416 e. The molecule has 2 aromatic carbocycles. The quantitative estimate of drug-likeness (QED) is 0.481. The molecule has 4 rings (SSSR count). The summed E-state index contributed by atoms with van der Waals surface area (Å²) in [4.78, 5) is 29.4. The monoisotopic (exact) mass is 446 g/mol. The number of benzene rings is 2. The number of carbonyl (C=O) groups is 1. The molecule has 0 spiro atoms. The van der Waals surface area contributed by atoms with Crippen LogP contribution in [0.4, 0.5) is 18.9 Å². The number of alkyl halides is 3. The molecule has 8 nitrogen and oxygen atoms in total. The zero-order chi connectivity index (χ0) is 22.9. The van der Waals surface area contributed by atoms with Crippen molar-refractivity contribution in [3.63, 3.8) is 0 Å². The first-order valence-corrected chi connectivity index (χ1v) is 9.67. The van der Waals surface area contributed by atoms with Gasteiger partial charge in [0, 0.05) is 49.4 Å². The van der Waals surface area contributed by atoms with E-state index >= 15 is 0 Å². The minimum atomic E-state index is -4.48. The normalized spacial score (nSPS) is 14.4. The largest absolute Gasteiger partial charge is 0.435 e. The number of non-ortho nitro benzene ring substituents is 1. The highest BCUT2D eigenvalue weighted by molar-refractivity contribution is 5.98. The average molecular weight is 446 g/mol. The van der Waals surface area contributed by atoms with E-state index in [1.807, 2.05) is 0 Å². The number of amides is 1. The zero-order valence-electron chi connectivity index (χ0n) is 16.6. The molecule has 1 aliphatic heterocycles. The van der Waals surface area contributed by atoms with E-state index in [4.69, 9.17) is 4.42 Å². The summed E-state index contributed by atoms with van der Waals surface area (Å²) in [5.41, 5.74) is -0.303. The first-order valence-electron chi connectivity index (χ1n) is 9.67. The molecule has 1 saturated heterocycles. The van der Waals surface area contributed by atoms with Gasteiger partial charge in [0.25, 0.3) is 11.6 Å². The lowest BCUT2D eigenvalue weighted by molar-refractivity contribution is -0.384. The summed E-state index contributed by atoms with van der Waals surface area (Å²) in [5, 5.41) is 14.1. The van der Waals surface area contributed by atoms with Gasteiger partial charge in [-0.3, -0.25) is 14.9 Å². The van der Waals surface area contributed by atoms with Crippen molar-refractivity contribution < 1.29 is 27.3 Å². The third kappa shape index (κ3) is 4.33. The van der Waals surface area contributed by atoms with Gasteiger partial charge in [0.15, 0.2) is 11.5 Å².